The molecule has 2 aromatic rings. The molecule has 5 heteroatoms. The molecule has 1 aliphatic rings. The highest BCUT2D eigenvalue weighted by atomic mass is 16.7. The van der Waals surface area contributed by atoms with Gasteiger partial charge in [-0.3, -0.25) is 0 Å². The summed E-state index contributed by atoms with van der Waals surface area (Å²) in [5.41, 5.74) is 0.349. The molecule has 0 spiro atoms. The van der Waals surface area contributed by atoms with Crippen LogP contribution in [0.1, 0.15) is 27.7 Å². The van der Waals surface area contributed by atoms with Crippen LogP contribution in [0.5, 0.6) is 5.75 Å². The van der Waals surface area contributed by atoms with E-state index < -0.39 is 0 Å². The summed E-state index contributed by atoms with van der Waals surface area (Å²) in [5.74, 6) is 0.783. The lowest BCUT2D eigenvalue weighted by atomic mass is 9.76. The van der Waals surface area contributed by atoms with Crippen molar-refractivity contribution in [3.8, 4) is 5.75 Å². The Balaban J connectivity index is 1.96. The molecule has 2 aromatic carbocycles. The molecule has 0 bridgehead atoms. The summed E-state index contributed by atoms with van der Waals surface area (Å²) in [6.07, 6.45) is 0. The third kappa shape index (κ3) is 2.96. The largest absolute Gasteiger partial charge is 0.495 e. The van der Waals surface area contributed by atoms with Crippen molar-refractivity contribution in [3.05, 3.63) is 36.4 Å². The number of rotatable bonds is 4. The van der Waals surface area contributed by atoms with Crippen molar-refractivity contribution in [1.82, 2.24) is 0 Å². The SMILES string of the molecule is COCOc1ccc2c(B3OC(C)(C)C(C)(C)O3)cccc2c1. The first-order chi connectivity index (χ1) is 10.8. The van der Waals surface area contributed by atoms with Gasteiger partial charge in [-0.25, -0.2) is 0 Å². The molecule has 3 rings (SSSR count). The first-order valence-corrected chi connectivity index (χ1v) is 7.84. The number of hydrogen-bond acceptors (Lipinski definition) is 4. The molecule has 1 heterocycles. The summed E-state index contributed by atoms with van der Waals surface area (Å²) < 4.78 is 22.8. The molecule has 0 saturated carbocycles. The zero-order chi connectivity index (χ0) is 16.7. The van der Waals surface area contributed by atoms with Crippen LogP contribution < -0.4 is 10.2 Å². The highest BCUT2D eigenvalue weighted by Gasteiger charge is 2.52. The molecule has 0 N–H and O–H groups in total. The third-order valence-corrected chi connectivity index (χ3v) is 4.74. The molecule has 1 saturated heterocycles. The van der Waals surface area contributed by atoms with Crippen molar-refractivity contribution < 1.29 is 18.8 Å². The smallest absolute Gasteiger partial charge is 0.468 e. The van der Waals surface area contributed by atoms with Crippen LogP contribution in [-0.2, 0) is 14.0 Å². The van der Waals surface area contributed by atoms with Crippen molar-refractivity contribution in [3.63, 3.8) is 0 Å². The maximum Gasteiger partial charge on any atom is 0.495 e. The topological polar surface area (TPSA) is 36.9 Å². The van der Waals surface area contributed by atoms with Gasteiger partial charge in [-0.05, 0) is 56.1 Å². The zero-order valence-electron chi connectivity index (χ0n) is 14.4. The van der Waals surface area contributed by atoms with Gasteiger partial charge in [0.25, 0.3) is 0 Å². The van der Waals surface area contributed by atoms with Gasteiger partial charge in [-0.2, -0.15) is 0 Å². The van der Waals surface area contributed by atoms with Crippen LogP contribution in [0.2, 0.25) is 0 Å². The summed E-state index contributed by atoms with van der Waals surface area (Å²) in [6, 6.07) is 12.1. The van der Waals surface area contributed by atoms with Crippen molar-refractivity contribution >= 4 is 23.4 Å². The van der Waals surface area contributed by atoms with E-state index in [4.69, 9.17) is 18.8 Å². The summed E-state index contributed by atoms with van der Waals surface area (Å²) in [5, 5.41) is 2.20. The van der Waals surface area contributed by atoms with Gasteiger partial charge in [0.15, 0.2) is 6.79 Å². The van der Waals surface area contributed by atoms with Crippen LogP contribution in [0.3, 0.4) is 0 Å². The van der Waals surface area contributed by atoms with Gasteiger partial charge in [-0.1, -0.05) is 24.3 Å². The molecule has 23 heavy (non-hydrogen) atoms. The lowest BCUT2D eigenvalue weighted by Crippen LogP contribution is -2.41. The number of methoxy groups -OCH3 is 1. The minimum absolute atomic E-state index is 0.239. The van der Waals surface area contributed by atoms with E-state index in [9.17, 15) is 0 Å². The zero-order valence-corrected chi connectivity index (χ0v) is 14.4. The molecule has 0 aromatic heterocycles. The van der Waals surface area contributed by atoms with Crippen LogP contribution >= 0.6 is 0 Å². The fourth-order valence-corrected chi connectivity index (χ4v) is 2.68. The summed E-state index contributed by atoms with van der Waals surface area (Å²) in [6.45, 7) is 8.50. The average molecular weight is 314 g/mol. The minimum Gasteiger partial charge on any atom is -0.468 e. The van der Waals surface area contributed by atoms with Crippen LogP contribution in [0, 0.1) is 0 Å². The van der Waals surface area contributed by atoms with Crippen LogP contribution in [0.15, 0.2) is 36.4 Å². The van der Waals surface area contributed by atoms with Crippen LogP contribution in [0.4, 0.5) is 0 Å². The Labute approximate surface area is 137 Å². The fraction of sp³-hybridized carbons (Fsp3) is 0.444. The van der Waals surface area contributed by atoms with Crippen LogP contribution in [-0.4, -0.2) is 32.2 Å². The van der Waals surface area contributed by atoms with Crippen molar-refractivity contribution in [2.24, 2.45) is 0 Å². The second-order valence-electron chi connectivity index (χ2n) is 6.87. The highest BCUT2D eigenvalue weighted by Crippen LogP contribution is 2.37. The Morgan fingerprint density at radius 2 is 1.70 bits per heavy atom. The lowest BCUT2D eigenvalue weighted by molar-refractivity contribution is 0.00578. The predicted octanol–water partition coefficient (Wildman–Crippen LogP) is 3.12. The quantitative estimate of drug-likeness (QED) is 0.642. The van der Waals surface area contributed by atoms with Gasteiger partial charge in [0.2, 0.25) is 0 Å². The van der Waals surface area contributed by atoms with Gasteiger partial charge in [0, 0.05) is 7.11 Å². The van der Waals surface area contributed by atoms with E-state index in [1.807, 2.05) is 24.3 Å². The molecule has 0 amide bonds. The third-order valence-electron chi connectivity index (χ3n) is 4.74. The Bertz CT molecular complexity index is 695. The van der Waals surface area contributed by atoms with E-state index in [0.29, 0.717) is 0 Å². The Morgan fingerprint density at radius 3 is 2.35 bits per heavy atom. The molecular weight excluding hydrogens is 291 g/mol. The Kier molecular flexibility index (Phi) is 4.13. The van der Waals surface area contributed by atoms with Gasteiger partial charge in [0.05, 0.1) is 11.2 Å². The maximum absolute atomic E-state index is 6.18. The lowest BCUT2D eigenvalue weighted by Gasteiger charge is -2.32. The Hall–Kier alpha value is -1.56. The predicted molar refractivity (Wildman–Crippen MR) is 92.2 cm³/mol. The molecule has 0 atom stereocenters. The summed E-state index contributed by atoms with van der Waals surface area (Å²) in [4.78, 5) is 0. The van der Waals surface area contributed by atoms with Crippen molar-refractivity contribution in [1.29, 1.82) is 0 Å². The number of fused-ring (bicyclic) bond motifs is 1. The molecule has 1 fully saturated rings. The normalized spacial score (nSPS) is 19.3. The summed E-state index contributed by atoms with van der Waals surface area (Å²) in [7, 11) is 1.24. The first-order valence-electron chi connectivity index (χ1n) is 7.84. The van der Waals surface area contributed by atoms with E-state index >= 15 is 0 Å². The standard InChI is InChI=1S/C18H23BO4/c1-17(2)18(3,4)23-19(22-17)16-8-6-7-13-11-14(21-12-20-5)9-10-15(13)16/h6-11H,12H2,1-5H3. The van der Waals surface area contributed by atoms with E-state index in [2.05, 4.69) is 39.8 Å². The van der Waals surface area contributed by atoms with Crippen LogP contribution in [0.25, 0.3) is 10.8 Å². The first kappa shape index (κ1) is 16.3. The molecule has 0 unspecified atom stereocenters. The highest BCUT2D eigenvalue weighted by molar-refractivity contribution is 6.65. The molecule has 1 aliphatic heterocycles. The fourth-order valence-electron chi connectivity index (χ4n) is 2.68. The molecule has 0 aliphatic carbocycles. The van der Waals surface area contributed by atoms with E-state index in [-0.39, 0.29) is 25.1 Å². The minimum atomic E-state index is -0.366. The molecular formula is C18H23BO4. The average Bonchev–Trinajstić information content (AvgIpc) is 2.72. The Morgan fingerprint density at radius 1 is 1.00 bits per heavy atom. The maximum atomic E-state index is 6.18. The van der Waals surface area contributed by atoms with E-state index in [1.54, 1.807) is 7.11 Å². The number of benzene rings is 2. The molecule has 122 valence electrons. The summed E-state index contributed by atoms with van der Waals surface area (Å²) >= 11 is 0. The van der Waals surface area contributed by atoms with Gasteiger partial charge in [0.1, 0.15) is 5.75 Å². The number of hydrogen-bond donors (Lipinski definition) is 0. The van der Waals surface area contributed by atoms with Gasteiger partial charge in [-0.15, -0.1) is 0 Å². The number of ether oxygens (including phenoxy) is 2. The second kappa shape index (κ2) is 5.82. The second-order valence-corrected chi connectivity index (χ2v) is 6.87. The van der Waals surface area contributed by atoms with E-state index in [1.165, 1.54) is 0 Å². The van der Waals surface area contributed by atoms with Gasteiger partial charge >= 0.3 is 7.12 Å². The van der Waals surface area contributed by atoms with Crippen molar-refractivity contribution in [2.75, 3.05) is 13.9 Å². The molecule has 0 radical (unpaired) electrons. The van der Waals surface area contributed by atoms with Gasteiger partial charge < -0.3 is 18.8 Å². The van der Waals surface area contributed by atoms with E-state index in [0.717, 1.165) is 22.0 Å². The van der Waals surface area contributed by atoms with Crippen molar-refractivity contribution in [2.45, 2.75) is 38.9 Å². The monoisotopic (exact) mass is 314 g/mol. The molecule has 4 nitrogen and oxygen atoms in total.